The molecule has 18 rings (SSSR count). The summed E-state index contributed by atoms with van der Waals surface area (Å²) >= 11 is 0. The van der Waals surface area contributed by atoms with E-state index >= 15 is 0 Å². The maximum atomic E-state index is 12.0. The fourth-order valence-electron chi connectivity index (χ4n) is 28.2. The SMILES string of the molecule is CCC[C@@H](C)[C@H]1CCC2C3CCC4C[C@H](OC5OC6O[C@@]7(C)CCC8[C@H](C)CCC([C@H]5C)[C@@]68OO7)CC[C@]4(C)C3C[C@H](O)[C@@]21C.C[C@@H]1CC[C@H]2[C@@H](C)C(O[C@@H]3CC[C@@]4(C)C(CCC5C4CC[C@@]4(C)C5CC[C@@H]4[C@H](C)CCC(=O)O)C3)OC3O[C@@]4(C)CCC1[C@]32OO4. The molecule has 18 fully saturated rings. The van der Waals surface area contributed by atoms with Crippen molar-refractivity contribution in [1.82, 2.24) is 0 Å². The molecule has 13 nitrogen and oxygen atoms in total. The molecule has 2 N–H and O–H groups in total. The zero-order valence-corrected chi connectivity index (χ0v) is 59.0. The highest BCUT2D eigenvalue weighted by molar-refractivity contribution is 5.66. The van der Waals surface area contributed by atoms with Gasteiger partial charge in [-0.1, -0.05) is 89.0 Å². The molecule has 0 aromatic heterocycles. The molecule has 10 saturated carbocycles. The Labute approximate surface area is 548 Å². The van der Waals surface area contributed by atoms with Gasteiger partial charge in [0, 0.05) is 42.9 Å². The van der Waals surface area contributed by atoms with E-state index in [0.29, 0.717) is 93.7 Å². The van der Waals surface area contributed by atoms with Crippen LogP contribution in [0.5, 0.6) is 0 Å². The van der Waals surface area contributed by atoms with Crippen molar-refractivity contribution < 1.29 is 63.0 Å². The quantitative estimate of drug-likeness (QED) is 0.149. The van der Waals surface area contributed by atoms with Gasteiger partial charge in [-0.05, 0) is 284 Å². The van der Waals surface area contributed by atoms with Crippen LogP contribution in [0.3, 0.4) is 0 Å². The molecule has 8 heterocycles. The van der Waals surface area contributed by atoms with Gasteiger partial charge in [0.25, 0.3) is 0 Å². The van der Waals surface area contributed by atoms with Gasteiger partial charge in [0.15, 0.2) is 36.4 Å². The second-order valence-electron chi connectivity index (χ2n) is 37.1. The topological polar surface area (TPSA) is 150 Å². The van der Waals surface area contributed by atoms with Crippen LogP contribution >= 0.6 is 0 Å². The van der Waals surface area contributed by atoms with E-state index in [1.54, 1.807) is 0 Å². The van der Waals surface area contributed by atoms with Crippen LogP contribution in [0, 0.1) is 140 Å². The first-order valence-electron chi connectivity index (χ1n) is 38.9. The summed E-state index contributed by atoms with van der Waals surface area (Å²) < 4.78 is 41.0. The van der Waals surface area contributed by atoms with E-state index in [-0.39, 0.29) is 48.1 Å². The third-order valence-electron chi connectivity index (χ3n) is 33.3. The summed E-state index contributed by atoms with van der Waals surface area (Å²) in [6.07, 6.45) is 32.3. The van der Waals surface area contributed by atoms with Crippen molar-refractivity contribution >= 4 is 5.97 Å². The predicted octanol–water partition coefficient (Wildman–Crippen LogP) is 17.4. The standard InChI is InChI=1S/C39H62O7.C39H64O6/c1-22(8-14-33(40)41)28-12-13-31-27-10-9-25-21-26(15-18-36(25,4)32(27)16-19-37(28,31)5)42-34-24(3)30-11-7-23(2)29-17-20-38(6)44-35(43-34)39(29,30)46-45-38;1-8-9-22(2)28-14-15-31-27-12-11-25-20-26(16-18-36(25,5)32(27)21-33(40)38(28,31)7)41-34-24(4)30-13-10-23(3)29-17-19-37(6)43-35(42-34)39(29,30)45-44-37/h22-32,34-35H,7-21H2,1-6H3,(H,40,41);22-35,40H,8-21H2,1-7H3/t22-,23-,24-,25?,26-,27?,28-,29?,30+,31?,32?,34?,35?,36+,37-,38-,39-;22-,23-,24-,25?,26-,27?,28-,29?,30?,31?,32?,33+,34?,35?,36+,37-,38-,39-/m11/s1. The highest BCUT2D eigenvalue weighted by Gasteiger charge is 2.73. The second kappa shape index (κ2) is 23.9. The lowest BCUT2D eigenvalue weighted by Crippen LogP contribution is -2.70. The number of rotatable bonds is 11. The smallest absolute Gasteiger partial charge is 0.303 e. The van der Waals surface area contributed by atoms with Gasteiger partial charge in [0.2, 0.25) is 11.6 Å². The fourth-order valence-corrected chi connectivity index (χ4v) is 28.2. The van der Waals surface area contributed by atoms with Gasteiger partial charge in [0.1, 0.15) is 0 Å². The molecule has 91 heavy (non-hydrogen) atoms. The van der Waals surface area contributed by atoms with Crippen LogP contribution < -0.4 is 0 Å². The fraction of sp³-hybridized carbons (Fsp3) is 0.987. The molecule has 0 aromatic carbocycles. The molecular formula is C78H126O13. The van der Waals surface area contributed by atoms with Crippen molar-refractivity contribution in [1.29, 1.82) is 0 Å². The number of ether oxygens (including phenoxy) is 6. The van der Waals surface area contributed by atoms with Gasteiger partial charge >= 0.3 is 5.97 Å². The number of aliphatic hydroxyl groups is 1. The Morgan fingerprint density at radius 2 is 0.945 bits per heavy atom. The number of fused-ring (bicyclic) bond motifs is 14. The van der Waals surface area contributed by atoms with Crippen LogP contribution in [-0.4, -0.2) is 82.4 Å². The van der Waals surface area contributed by atoms with E-state index in [2.05, 4.69) is 76.2 Å². The molecule has 4 bridgehead atoms. The van der Waals surface area contributed by atoms with Crippen molar-refractivity contribution in [3.05, 3.63) is 0 Å². The normalized spacial score (nSPS) is 57.9. The lowest BCUT2D eigenvalue weighted by atomic mass is 9.43. The van der Waals surface area contributed by atoms with Gasteiger partial charge in [-0.3, -0.25) is 4.79 Å². The van der Waals surface area contributed by atoms with Crippen LogP contribution in [0.2, 0.25) is 0 Å². The second-order valence-corrected chi connectivity index (χ2v) is 37.1. The molecule has 13 heteroatoms. The minimum Gasteiger partial charge on any atom is -0.481 e. The average molecular weight is 1270 g/mol. The van der Waals surface area contributed by atoms with E-state index in [0.717, 1.165) is 113 Å². The van der Waals surface area contributed by atoms with Crippen LogP contribution in [0.1, 0.15) is 276 Å². The van der Waals surface area contributed by atoms with Crippen molar-refractivity contribution in [2.75, 3.05) is 0 Å². The number of aliphatic hydroxyl groups excluding tert-OH is 1. The van der Waals surface area contributed by atoms with Crippen LogP contribution in [0.4, 0.5) is 0 Å². The molecule has 10 aliphatic carbocycles. The van der Waals surface area contributed by atoms with Gasteiger partial charge in [0.05, 0.1) is 18.3 Å². The minimum atomic E-state index is -0.750. The van der Waals surface area contributed by atoms with E-state index < -0.39 is 41.3 Å². The van der Waals surface area contributed by atoms with Crippen LogP contribution in [0.25, 0.3) is 0 Å². The Morgan fingerprint density at radius 1 is 0.484 bits per heavy atom. The Balaban J connectivity index is 0.000000151. The Kier molecular flexibility index (Phi) is 17.3. The van der Waals surface area contributed by atoms with E-state index in [1.165, 1.54) is 103 Å². The number of hydrogen-bond donors (Lipinski definition) is 2. The third-order valence-corrected chi connectivity index (χ3v) is 33.3. The van der Waals surface area contributed by atoms with Gasteiger partial charge in [-0.15, -0.1) is 0 Å². The number of hydrogen-bond acceptors (Lipinski definition) is 12. The number of aliphatic carboxylic acids is 1. The molecule has 35 atom stereocenters. The highest BCUT2D eigenvalue weighted by Crippen LogP contribution is 2.72. The van der Waals surface area contributed by atoms with Crippen molar-refractivity contribution in [2.24, 2.45) is 140 Å². The summed E-state index contributed by atoms with van der Waals surface area (Å²) in [7, 11) is 0. The highest BCUT2D eigenvalue weighted by atomic mass is 17.3. The molecular weight excluding hydrogens is 1140 g/mol. The zero-order chi connectivity index (χ0) is 63.7. The molecule has 0 aromatic rings. The molecule has 8 saturated heterocycles. The molecule has 8 aliphatic heterocycles. The molecule has 0 radical (unpaired) electrons. The molecule has 15 unspecified atom stereocenters. The van der Waals surface area contributed by atoms with Crippen molar-refractivity contribution in [3.8, 4) is 0 Å². The van der Waals surface area contributed by atoms with Crippen molar-refractivity contribution in [3.63, 3.8) is 0 Å². The van der Waals surface area contributed by atoms with Crippen molar-refractivity contribution in [2.45, 2.75) is 342 Å². The Morgan fingerprint density at radius 3 is 1.48 bits per heavy atom. The maximum Gasteiger partial charge on any atom is 0.303 e. The first kappa shape index (κ1) is 65.9. The number of carboxylic acids is 1. The Bertz CT molecular complexity index is 2640. The minimum absolute atomic E-state index is 0.104. The first-order valence-corrected chi connectivity index (χ1v) is 38.9. The lowest BCUT2D eigenvalue weighted by molar-refractivity contribution is -0.578. The summed E-state index contributed by atoms with van der Waals surface area (Å²) in [6.45, 7) is 30.9. The number of carbonyl (C=O) groups is 1. The summed E-state index contributed by atoms with van der Waals surface area (Å²) in [6, 6.07) is 0. The summed E-state index contributed by atoms with van der Waals surface area (Å²) in [5.74, 6) is 9.38. The summed E-state index contributed by atoms with van der Waals surface area (Å²) in [5, 5.41) is 21.3. The average Bonchev–Trinajstić information content (AvgIpc) is 1.72. The predicted molar refractivity (Wildman–Crippen MR) is 345 cm³/mol. The van der Waals surface area contributed by atoms with E-state index in [9.17, 15) is 15.0 Å². The monoisotopic (exact) mass is 1270 g/mol. The summed E-state index contributed by atoms with van der Waals surface area (Å²) in [4.78, 5) is 36.1. The molecule has 2 spiro atoms. The molecule has 0 amide bonds. The van der Waals surface area contributed by atoms with Crippen LogP contribution in [-0.2, 0) is 52.8 Å². The third kappa shape index (κ3) is 10.2. The molecule has 18 aliphatic rings. The maximum absolute atomic E-state index is 12.0. The summed E-state index contributed by atoms with van der Waals surface area (Å²) in [5.41, 5.74) is 0.134. The largest absolute Gasteiger partial charge is 0.481 e. The zero-order valence-electron chi connectivity index (χ0n) is 59.0. The Hall–Kier alpha value is -0.970. The van der Waals surface area contributed by atoms with Gasteiger partial charge < -0.3 is 38.6 Å². The van der Waals surface area contributed by atoms with Crippen LogP contribution in [0.15, 0.2) is 0 Å². The van der Waals surface area contributed by atoms with E-state index in [4.69, 9.17) is 48.0 Å². The lowest BCUT2D eigenvalue weighted by Gasteiger charge is -2.63. The van der Waals surface area contributed by atoms with Gasteiger partial charge in [-0.2, -0.15) is 0 Å². The number of carboxylic acid groups (broad SMARTS) is 1. The first-order chi connectivity index (χ1) is 43.3. The van der Waals surface area contributed by atoms with E-state index in [1.807, 2.05) is 13.8 Å². The van der Waals surface area contributed by atoms with Gasteiger partial charge in [-0.25, -0.2) is 19.6 Å². The molecule has 516 valence electrons.